The summed E-state index contributed by atoms with van der Waals surface area (Å²) < 4.78 is 22.5. The molecule has 0 aliphatic rings. The van der Waals surface area contributed by atoms with Crippen molar-refractivity contribution in [2.24, 2.45) is 0 Å². The zero-order valence-electron chi connectivity index (χ0n) is 12.6. The van der Waals surface area contributed by atoms with E-state index in [-0.39, 0.29) is 0 Å². The maximum Gasteiger partial charge on any atom is 0.701 e. The molecule has 2 aromatic carbocycles. The Morgan fingerprint density at radius 3 is 1.50 bits per heavy atom. The maximum atomic E-state index is 11.9. The third kappa shape index (κ3) is 5.82. The van der Waals surface area contributed by atoms with Crippen LogP contribution in [-0.4, -0.2) is 12.5 Å². The molecule has 6 heteroatoms. The molecule has 2 aromatic rings. The number of hydrogen-bond donors (Lipinski definition) is 2. The first-order valence-corrected chi connectivity index (χ1v) is 8.17. The Morgan fingerprint density at radius 1 is 0.773 bits per heavy atom. The number of benzene rings is 2. The number of para-hydroxylation sites is 2. The lowest BCUT2D eigenvalue weighted by atomic mass is 10.3. The highest BCUT2D eigenvalue weighted by Crippen LogP contribution is 2.28. The second kappa shape index (κ2) is 8.49. The maximum absolute atomic E-state index is 11.9. The molecule has 0 heterocycles. The van der Waals surface area contributed by atoms with Gasteiger partial charge in [-0.15, -0.1) is 0 Å². The van der Waals surface area contributed by atoms with Gasteiger partial charge in [-0.2, -0.15) is 0 Å². The molecular formula is C16H20N2O3P+. The van der Waals surface area contributed by atoms with Gasteiger partial charge in [-0.25, -0.2) is 0 Å². The average Bonchev–Trinajstić information content (AvgIpc) is 2.48. The molecule has 0 bridgehead atoms. The van der Waals surface area contributed by atoms with Gasteiger partial charge in [-0.1, -0.05) is 45.4 Å². The van der Waals surface area contributed by atoms with Gasteiger partial charge in [0.15, 0.2) is 12.5 Å². The lowest BCUT2D eigenvalue weighted by Gasteiger charge is -2.11. The van der Waals surface area contributed by atoms with E-state index in [0.717, 1.165) is 11.4 Å². The smallest absolute Gasteiger partial charge is 0.356 e. The predicted molar refractivity (Wildman–Crippen MR) is 88.8 cm³/mol. The Balaban J connectivity index is 1.75. The SMILES string of the molecule is CC(Nc1ccccc1)O[P+](=O)OC(C)Nc1ccccc1. The van der Waals surface area contributed by atoms with Crippen molar-refractivity contribution in [3.05, 3.63) is 60.7 Å². The van der Waals surface area contributed by atoms with Crippen LogP contribution in [0.25, 0.3) is 0 Å². The zero-order valence-corrected chi connectivity index (χ0v) is 13.5. The zero-order chi connectivity index (χ0) is 15.8. The Morgan fingerprint density at radius 2 is 1.14 bits per heavy atom. The summed E-state index contributed by atoms with van der Waals surface area (Å²) in [7, 11) is -2.23. The molecule has 0 radical (unpaired) electrons. The fraction of sp³-hybridized carbons (Fsp3) is 0.250. The molecule has 0 spiro atoms. The Labute approximate surface area is 131 Å². The van der Waals surface area contributed by atoms with Gasteiger partial charge in [0.1, 0.15) is 0 Å². The van der Waals surface area contributed by atoms with Crippen molar-refractivity contribution < 1.29 is 13.6 Å². The van der Waals surface area contributed by atoms with Crippen LogP contribution in [0, 0.1) is 0 Å². The predicted octanol–water partition coefficient (Wildman–Crippen LogP) is 4.59. The van der Waals surface area contributed by atoms with Crippen LogP contribution in [-0.2, 0) is 13.6 Å². The van der Waals surface area contributed by atoms with Crippen LogP contribution >= 0.6 is 8.25 Å². The summed E-state index contributed by atoms with van der Waals surface area (Å²) in [6.45, 7) is 3.55. The highest BCUT2D eigenvalue weighted by Gasteiger charge is 2.28. The summed E-state index contributed by atoms with van der Waals surface area (Å²) in [6, 6.07) is 19.2. The Bertz CT molecular complexity index is 529. The average molecular weight is 319 g/mol. The number of anilines is 2. The third-order valence-corrected chi connectivity index (χ3v) is 3.75. The summed E-state index contributed by atoms with van der Waals surface area (Å²) in [4.78, 5) is 0. The monoisotopic (exact) mass is 319 g/mol. The highest BCUT2D eigenvalue weighted by molar-refractivity contribution is 7.33. The van der Waals surface area contributed by atoms with Crippen LogP contribution in [0.2, 0.25) is 0 Å². The van der Waals surface area contributed by atoms with Crippen LogP contribution in [0.15, 0.2) is 60.7 Å². The molecule has 2 unspecified atom stereocenters. The largest absolute Gasteiger partial charge is 0.701 e. The normalized spacial score (nSPS) is 14.0. The molecule has 0 amide bonds. The Hall–Kier alpha value is -1.94. The summed E-state index contributed by atoms with van der Waals surface area (Å²) in [6.07, 6.45) is -0.843. The van der Waals surface area contributed by atoms with E-state index >= 15 is 0 Å². The molecule has 0 fully saturated rings. The molecular weight excluding hydrogens is 299 g/mol. The second-order valence-electron chi connectivity index (χ2n) is 4.74. The first-order chi connectivity index (χ1) is 10.6. The van der Waals surface area contributed by atoms with E-state index in [2.05, 4.69) is 10.6 Å². The van der Waals surface area contributed by atoms with Gasteiger partial charge in [0.25, 0.3) is 0 Å². The number of rotatable bonds is 8. The van der Waals surface area contributed by atoms with Crippen molar-refractivity contribution in [3.8, 4) is 0 Å². The minimum Gasteiger partial charge on any atom is -0.356 e. The lowest BCUT2D eigenvalue weighted by Crippen LogP contribution is -2.19. The first kappa shape index (κ1) is 16.4. The third-order valence-electron chi connectivity index (χ3n) is 2.78. The summed E-state index contributed by atoms with van der Waals surface area (Å²) in [5.41, 5.74) is 1.79. The van der Waals surface area contributed by atoms with E-state index in [9.17, 15) is 4.57 Å². The van der Waals surface area contributed by atoms with Crippen molar-refractivity contribution in [3.63, 3.8) is 0 Å². The lowest BCUT2D eigenvalue weighted by molar-refractivity contribution is 0.168. The molecule has 2 N–H and O–H groups in total. The van der Waals surface area contributed by atoms with E-state index in [1.165, 1.54) is 0 Å². The molecule has 0 aromatic heterocycles. The van der Waals surface area contributed by atoms with E-state index in [1.807, 2.05) is 60.7 Å². The van der Waals surface area contributed by atoms with Gasteiger partial charge in [-0.05, 0) is 38.1 Å². The van der Waals surface area contributed by atoms with Crippen molar-refractivity contribution >= 4 is 19.6 Å². The molecule has 0 aliphatic carbocycles. The number of nitrogens with one attached hydrogen (secondary N) is 2. The van der Waals surface area contributed by atoms with Gasteiger partial charge in [0.05, 0.1) is 0 Å². The van der Waals surface area contributed by atoms with Crippen LogP contribution in [0.5, 0.6) is 0 Å². The molecule has 0 saturated carbocycles. The topological polar surface area (TPSA) is 59.6 Å². The molecule has 5 nitrogen and oxygen atoms in total. The molecule has 2 atom stereocenters. The van der Waals surface area contributed by atoms with Crippen LogP contribution in [0.4, 0.5) is 11.4 Å². The van der Waals surface area contributed by atoms with Crippen LogP contribution in [0.1, 0.15) is 13.8 Å². The van der Waals surface area contributed by atoms with E-state index in [4.69, 9.17) is 9.05 Å². The second-order valence-corrected chi connectivity index (χ2v) is 5.61. The summed E-state index contributed by atoms with van der Waals surface area (Å²) in [5.74, 6) is 0. The quantitative estimate of drug-likeness (QED) is 0.550. The number of hydrogen-bond acceptors (Lipinski definition) is 5. The fourth-order valence-electron chi connectivity index (χ4n) is 1.87. The molecule has 22 heavy (non-hydrogen) atoms. The standard InChI is InChI=1S/C16H20N2O3P/c1-13(17-15-9-5-3-6-10-15)20-22(19)21-14(2)18-16-11-7-4-8-12-16/h3-14,17-18H,1-2H3/q+1. The van der Waals surface area contributed by atoms with Crippen molar-refractivity contribution in [2.75, 3.05) is 10.6 Å². The molecule has 116 valence electrons. The van der Waals surface area contributed by atoms with Crippen LogP contribution in [0.3, 0.4) is 0 Å². The molecule has 0 saturated heterocycles. The fourth-order valence-corrected chi connectivity index (χ4v) is 2.55. The first-order valence-electron chi connectivity index (χ1n) is 7.07. The van der Waals surface area contributed by atoms with E-state index in [1.54, 1.807) is 13.8 Å². The van der Waals surface area contributed by atoms with Crippen molar-refractivity contribution in [1.82, 2.24) is 0 Å². The van der Waals surface area contributed by atoms with Crippen LogP contribution < -0.4 is 10.6 Å². The molecule has 2 rings (SSSR count). The Kier molecular flexibility index (Phi) is 6.34. The highest BCUT2D eigenvalue weighted by atomic mass is 31.1. The van der Waals surface area contributed by atoms with Gasteiger partial charge in [0.2, 0.25) is 0 Å². The minimum absolute atomic E-state index is 0.421. The van der Waals surface area contributed by atoms with Crippen molar-refractivity contribution in [2.45, 2.75) is 26.3 Å². The van der Waals surface area contributed by atoms with E-state index in [0.29, 0.717) is 0 Å². The van der Waals surface area contributed by atoms with Gasteiger partial charge in [0, 0.05) is 15.9 Å². The van der Waals surface area contributed by atoms with Gasteiger partial charge >= 0.3 is 8.25 Å². The van der Waals surface area contributed by atoms with Gasteiger partial charge < -0.3 is 10.6 Å². The molecule has 0 aliphatic heterocycles. The summed E-state index contributed by atoms with van der Waals surface area (Å²) in [5, 5.41) is 6.18. The van der Waals surface area contributed by atoms with E-state index < -0.39 is 20.7 Å². The van der Waals surface area contributed by atoms with Gasteiger partial charge in [-0.3, -0.25) is 0 Å². The summed E-state index contributed by atoms with van der Waals surface area (Å²) >= 11 is 0. The minimum atomic E-state index is -2.23. The van der Waals surface area contributed by atoms with Crippen molar-refractivity contribution in [1.29, 1.82) is 0 Å².